The Kier molecular flexibility index (Phi) is 7.04. The van der Waals surface area contributed by atoms with Crippen molar-refractivity contribution in [3.63, 3.8) is 0 Å². The van der Waals surface area contributed by atoms with E-state index in [1.807, 2.05) is 24.3 Å². The number of fused-ring (bicyclic) bond motifs is 13. The fourth-order valence-electron chi connectivity index (χ4n) is 7.16. The first-order valence-corrected chi connectivity index (χ1v) is 18.0. The molecule has 0 saturated carbocycles. The number of aromatic amines is 2. The third kappa shape index (κ3) is 5.14. The maximum absolute atomic E-state index is 6.59. The van der Waals surface area contributed by atoms with Crippen molar-refractivity contribution in [3.8, 4) is 22.3 Å². The molecule has 0 amide bonds. The molecule has 6 heterocycles. The number of rotatable bonds is 4. The van der Waals surface area contributed by atoms with Gasteiger partial charge in [-0.15, -0.1) is 0 Å². The lowest BCUT2D eigenvalue weighted by Gasteiger charge is -2.03. The average Bonchev–Trinajstić information content (AvgIpc) is 4.04. The smallest absolute Gasteiger partial charge is 0.181 e. The van der Waals surface area contributed by atoms with E-state index >= 15 is 0 Å². The highest BCUT2D eigenvalue weighted by molar-refractivity contribution is 7.22. The van der Waals surface area contributed by atoms with Gasteiger partial charge in [-0.05, 0) is 58.7 Å². The lowest BCUT2D eigenvalue weighted by atomic mass is 10.0. The lowest BCUT2D eigenvalue weighted by Crippen LogP contribution is -1.88. The van der Waals surface area contributed by atoms with Gasteiger partial charge < -0.3 is 15.7 Å². The number of hydrogen-bond acceptors (Lipinski definition) is 5. The number of nitrogen functional groups attached to an aromatic ring is 1. The van der Waals surface area contributed by atoms with Crippen LogP contribution in [-0.4, -0.2) is 24.9 Å². The van der Waals surface area contributed by atoms with E-state index in [9.17, 15) is 0 Å². The molecule has 0 radical (unpaired) electrons. The van der Waals surface area contributed by atoms with Crippen LogP contribution in [0.2, 0.25) is 0 Å². The second-order valence-electron chi connectivity index (χ2n) is 12.9. The van der Waals surface area contributed by atoms with Gasteiger partial charge in [0.2, 0.25) is 0 Å². The standard InChI is InChI=1S/C45H30N6S/c46-45-51-43-41-33(29-17-9-3-10-18-29)25-39(49-41)37-23-31(27-13-5-1-6-14-27)35(47-37)21-22-36-32(28-15-7-2-8-16-28)24-38(48-36)40-26-34(30-19-11-4-12-20-30)42(50-40)44(43)52-45/h1-26,47,50H,(H2,46,51). The van der Waals surface area contributed by atoms with Crippen LogP contribution < -0.4 is 5.73 Å². The van der Waals surface area contributed by atoms with E-state index < -0.39 is 0 Å². The first-order chi connectivity index (χ1) is 25.7. The van der Waals surface area contributed by atoms with Gasteiger partial charge >= 0.3 is 0 Å². The number of benzene rings is 4. The number of thiazole rings is 1. The van der Waals surface area contributed by atoms with Gasteiger partial charge in [-0.3, -0.25) is 0 Å². The molecule has 52 heavy (non-hydrogen) atoms. The van der Waals surface area contributed by atoms with Gasteiger partial charge in [0.1, 0.15) is 5.52 Å². The van der Waals surface area contributed by atoms with E-state index in [2.05, 4.69) is 143 Å². The molecule has 0 aliphatic carbocycles. The Hall–Kier alpha value is -6.83. The Bertz CT molecular complexity index is 2880. The zero-order valence-corrected chi connectivity index (χ0v) is 28.7. The van der Waals surface area contributed by atoms with Crippen LogP contribution in [0.25, 0.3) is 77.8 Å². The molecule has 4 aromatic heterocycles. The van der Waals surface area contributed by atoms with Crippen molar-refractivity contribution >= 4 is 72.1 Å². The quantitative estimate of drug-likeness (QED) is 0.172. The number of nitrogens with zero attached hydrogens (tertiary/aromatic N) is 3. The molecule has 8 bridgehead atoms. The number of aromatic nitrogens is 5. The molecule has 7 heteroatoms. The molecular weight excluding hydrogens is 657 g/mol. The van der Waals surface area contributed by atoms with E-state index in [-0.39, 0.29) is 0 Å². The van der Waals surface area contributed by atoms with E-state index in [4.69, 9.17) is 20.7 Å². The fraction of sp³-hybridized carbons (Fsp3) is 0. The summed E-state index contributed by atoms with van der Waals surface area (Å²) in [6.45, 7) is 0. The first-order valence-electron chi connectivity index (χ1n) is 17.2. The zero-order chi connectivity index (χ0) is 34.6. The van der Waals surface area contributed by atoms with Crippen molar-refractivity contribution in [3.05, 3.63) is 179 Å². The highest BCUT2D eigenvalue weighted by atomic mass is 32.1. The third-order valence-electron chi connectivity index (χ3n) is 9.63. The molecule has 8 aromatic rings. The second-order valence-corrected chi connectivity index (χ2v) is 13.9. The van der Waals surface area contributed by atoms with Gasteiger partial charge in [-0.2, -0.15) is 0 Å². The lowest BCUT2D eigenvalue weighted by molar-refractivity contribution is 1.30. The molecule has 246 valence electrons. The summed E-state index contributed by atoms with van der Waals surface area (Å²) in [6.07, 6.45) is 4.34. The molecule has 4 aromatic carbocycles. The minimum Gasteiger partial charge on any atom is -0.375 e. The van der Waals surface area contributed by atoms with E-state index in [1.54, 1.807) is 0 Å². The molecule has 10 rings (SSSR count). The molecule has 0 atom stereocenters. The Morgan fingerprint density at radius 3 is 1.69 bits per heavy atom. The SMILES string of the molecule is Nc1nc2c3nc(c4cc(-c5ccccc5)c(ccc5nc(c6cc(-c7ccccc7)c([nH]6)c2s1)C=C5c1ccccc1)[nH]4)C=C3c1ccccc1. The maximum Gasteiger partial charge on any atom is 0.181 e. The number of H-pyrrole nitrogens is 2. The number of nitrogens with one attached hydrogen (secondary N) is 2. The minimum atomic E-state index is 0.472. The molecule has 0 unspecified atom stereocenters. The van der Waals surface area contributed by atoms with Crippen molar-refractivity contribution in [1.82, 2.24) is 24.9 Å². The number of anilines is 1. The van der Waals surface area contributed by atoms with Crippen molar-refractivity contribution in [2.24, 2.45) is 0 Å². The summed E-state index contributed by atoms with van der Waals surface area (Å²) in [4.78, 5) is 23.1. The monoisotopic (exact) mass is 686 g/mol. The van der Waals surface area contributed by atoms with Crippen LogP contribution in [0, 0.1) is 0 Å². The maximum atomic E-state index is 6.59. The molecule has 6 nitrogen and oxygen atoms in total. The molecule has 0 spiro atoms. The topological polar surface area (TPSA) is 96.3 Å². The number of hydrogen-bond donors (Lipinski definition) is 3. The predicted molar refractivity (Wildman–Crippen MR) is 216 cm³/mol. The first kappa shape index (κ1) is 30.0. The van der Waals surface area contributed by atoms with Gasteiger partial charge in [0.15, 0.2) is 5.13 Å². The van der Waals surface area contributed by atoms with Crippen molar-refractivity contribution in [2.75, 3.05) is 5.73 Å². The molecule has 0 fully saturated rings. The molecule has 2 aliphatic rings. The van der Waals surface area contributed by atoms with Gasteiger partial charge in [0.25, 0.3) is 0 Å². The molecule has 2 aliphatic heterocycles. The Morgan fingerprint density at radius 2 is 1.02 bits per heavy atom. The zero-order valence-electron chi connectivity index (χ0n) is 27.8. The summed E-state index contributed by atoms with van der Waals surface area (Å²) < 4.78 is 0.920. The summed E-state index contributed by atoms with van der Waals surface area (Å²) in [5, 5.41) is 0.472. The van der Waals surface area contributed by atoms with E-state index in [0.29, 0.717) is 5.13 Å². The average molecular weight is 687 g/mol. The van der Waals surface area contributed by atoms with Gasteiger partial charge in [-0.25, -0.2) is 15.0 Å². The Morgan fingerprint density at radius 1 is 0.481 bits per heavy atom. The van der Waals surface area contributed by atoms with Crippen LogP contribution in [0.4, 0.5) is 5.13 Å². The summed E-state index contributed by atoms with van der Waals surface area (Å²) in [7, 11) is 0. The van der Waals surface area contributed by atoms with Crippen LogP contribution in [-0.2, 0) is 0 Å². The summed E-state index contributed by atoms with van der Waals surface area (Å²) in [6, 6.07) is 50.3. The fourth-order valence-corrected chi connectivity index (χ4v) is 8.01. The van der Waals surface area contributed by atoms with Crippen molar-refractivity contribution in [2.45, 2.75) is 0 Å². The van der Waals surface area contributed by atoms with Crippen LogP contribution in [0.15, 0.2) is 146 Å². The van der Waals surface area contributed by atoms with Crippen LogP contribution in [0.3, 0.4) is 0 Å². The van der Waals surface area contributed by atoms with Gasteiger partial charge in [0.05, 0.1) is 44.0 Å². The third-order valence-corrected chi connectivity index (χ3v) is 10.5. The summed E-state index contributed by atoms with van der Waals surface area (Å²) in [5.74, 6) is 0. The summed E-state index contributed by atoms with van der Waals surface area (Å²) >= 11 is 1.46. The van der Waals surface area contributed by atoms with Gasteiger partial charge in [-0.1, -0.05) is 133 Å². The van der Waals surface area contributed by atoms with E-state index in [0.717, 1.165) is 99.6 Å². The summed E-state index contributed by atoms with van der Waals surface area (Å²) in [5.41, 5.74) is 22.9. The van der Waals surface area contributed by atoms with Gasteiger partial charge in [0, 0.05) is 27.8 Å². The number of nitrogens with two attached hydrogens (primary N) is 1. The normalized spacial score (nSPS) is 12.5. The highest BCUT2D eigenvalue weighted by Gasteiger charge is 2.22. The second kappa shape index (κ2) is 12.2. The van der Waals surface area contributed by atoms with E-state index in [1.165, 1.54) is 11.3 Å². The van der Waals surface area contributed by atoms with Crippen molar-refractivity contribution < 1.29 is 0 Å². The molecular formula is C45H30N6S. The van der Waals surface area contributed by atoms with Crippen LogP contribution >= 0.6 is 11.3 Å². The molecule has 0 saturated heterocycles. The largest absolute Gasteiger partial charge is 0.375 e. The van der Waals surface area contributed by atoms with Crippen molar-refractivity contribution in [1.29, 1.82) is 0 Å². The predicted octanol–water partition coefficient (Wildman–Crippen LogP) is 11.0. The Balaban J connectivity index is 1.38. The molecule has 4 N–H and O–H groups in total. The Labute approximate surface area is 303 Å². The van der Waals surface area contributed by atoms with Crippen LogP contribution in [0.5, 0.6) is 0 Å². The minimum absolute atomic E-state index is 0.472. The highest BCUT2D eigenvalue weighted by Crippen LogP contribution is 2.41. The van der Waals surface area contributed by atoms with Crippen LogP contribution in [0.1, 0.15) is 33.9 Å².